The predicted octanol–water partition coefficient (Wildman–Crippen LogP) is 1.88. The molecule has 0 radical (unpaired) electrons. The third-order valence-electron chi connectivity index (χ3n) is 3.92. The van der Waals surface area contributed by atoms with Crippen molar-refractivity contribution in [2.24, 2.45) is 5.92 Å². The fourth-order valence-electron chi connectivity index (χ4n) is 2.40. The first-order valence-corrected chi connectivity index (χ1v) is 7.38. The summed E-state index contributed by atoms with van der Waals surface area (Å²) in [5.41, 5.74) is 1.16. The van der Waals surface area contributed by atoms with Gasteiger partial charge in [0, 0.05) is 30.8 Å². The number of benzene rings is 1. The van der Waals surface area contributed by atoms with Gasteiger partial charge in [-0.05, 0) is 30.5 Å². The lowest BCUT2D eigenvalue weighted by molar-refractivity contribution is -0.115. The number of nitrogens with one attached hydrogen (secondary N) is 1. The van der Waals surface area contributed by atoms with E-state index < -0.39 is 6.10 Å². The molecule has 1 aliphatic heterocycles. The molecule has 0 bridgehead atoms. The van der Waals surface area contributed by atoms with E-state index in [1.807, 2.05) is 6.92 Å². The second-order valence-electron chi connectivity index (χ2n) is 5.57. The van der Waals surface area contributed by atoms with E-state index in [2.05, 4.69) is 5.32 Å². The maximum Gasteiger partial charge on any atom is 0.254 e. The van der Waals surface area contributed by atoms with Crippen molar-refractivity contribution < 1.29 is 14.7 Å². The SMILES string of the molecule is CCC(=O)Nc1cccc(C(=O)N2CCC(C)C(O)C2)c1. The molecular formula is C16H22N2O3. The maximum atomic E-state index is 12.5. The Morgan fingerprint density at radius 2 is 2.19 bits per heavy atom. The van der Waals surface area contributed by atoms with Gasteiger partial charge in [0.05, 0.1) is 6.10 Å². The standard InChI is InChI=1S/C16H22N2O3/c1-3-15(20)17-13-6-4-5-12(9-13)16(21)18-8-7-11(2)14(19)10-18/h4-6,9,11,14,19H,3,7-8,10H2,1-2H3,(H,17,20). The monoisotopic (exact) mass is 290 g/mol. The second-order valence-corrected chi connectivity index (χ2v) is 5.57. The van der Waals surface area contributed by atoms with E-state index in [9.17, 15) is 14.7 Å². The summed E-state index contributed by atoms with van der Waals surface area (Å²) < 4.78 is 0. The molecule has 0 aromatic heterocycles. The number of amides is 2. The van der Waals surface area contributed by atoms with Crippen molar-refractivity contribution in [3.8, 4) is 0 Å². The average molecular weight is 290 g/mol. The first-order chi connectivity index (χ1) is 10.0. The lowest BCUT2D eigenvalue weighted by atomic mass is 9.95. The van der Waals surface area contributed by atoms with Gasteiger partial charge in [-0.25, -0.2) is 0 Å². The van der Waals surface area contributed by atoms with Crippen LogP contribution >= 0.6 is 0 Å². The summed E-state index contributed by atoms with van der Waals surface area (Å²) in [6.07, 6.45) is 0.735. The molecule has 114 valence electrons. The van der Waals surface area contributed by atoms with Gasteiger partial charge in [0.1, 0.15) is 0 Å². The fraction of sp³-hybridized carbons (Fsp3) is 0.500. The van der Waals surface area contributed by atoms with Crippen molar-refractivity contribution in [2.45, 2.75) is 32.8 Å². The fourth-order valence-corrected chi connectivity index (χ4v) is 2.40. The molecule has 2 unspecified atom stereocenters. The summed E-state index contributed by atoms with van der Waals surface area (Å²) in [5, 5.41) is 12.6. The minimum absolute atomic E-state index is 0.0816. The van der Waals surface area contributed by atoms with E-state index in [0.717, 1.165) is 6.42 Å². The summed E-state index contributed by atoms with van der Waals surface area (Å²) in [5.74, 6) is 0.0413. The molecule has 1 saturated heterocycles. The van der Waals surface area contributed by atoms with E-state index in [1.54, 1.807) is 36.1 Å². The van der Waals surface area contributed by atoms with Crippen LogP contribution in [-0.2, 0) is 4.79 Å². The van der Waals surface area contributed by atoms with Crippen molar-refractivity contribution in [1.29, 1.82) is 0 Å². The molecule has 2 N–H and O–H groups in total. The average Bonchev–Trinajstić information content (AvgIpc) is 2.49. The van der Waals surface area contributed by atoms with Crippen molar-refractivity contribution in [3.63, 3.8) is 0 Å². The Balaban J connectivity index is 2.09. The third kappa shape index (κ3) is 3.82. The molecule has 1 aromatic rings. The zero-order chi connectivity index (χ0) is 15.4. The zero-order valence-corrected chi connectivity index (χ0v) is 12.5. The predicted molar refractivity (Wildman–Crippen MR) is 81.1 cm³/mol. The lowest BCUT2D eigenvalue weighted by Gasteiger charge is -2.34. The number of hydrogen-bond donors (Lipinski definition) is 2. The Hall–Kier alpha value is -1.88. The number of aliphatic hydroxyl groups excluding tert-OH is 1. The van der Waals surface area contributed by atoms with Crippen molar-refractivity contribution >= 4 is 17.5 Å². The Bertz CT molecular complexity index is 530. The Morgan fingerprint density at radius 1 is 1.43 bits per heavy atom. The van der Waals surface area contributed by atoms with Gasteiger partial charge >= 0.3 is 0 Å². The quantitative estimate of drug-likeness (QED) is 0.893. The van der Waals surface area contributed by atoms with Crippen LogP contribution in [0.4, 0.5) is 5.69 Å². The van der Waals surface area contributed by atoms with Crippen LogP contribution in [0.3, 0.4) is 0 Å². The molecule has 2 atom stereocenters. The van der Waals surface area contributed by atoms with Crippen LogP contribution in [0.25, 0.3) is 0 Å². The van der Waals surface area contributed by atoms with Gasteiger partial charge in [0.15, 0.2) is 0 Å². The van der Waals surface area contributed by atoms with Crippen LogP contribution < -0.4 is 5.32 Å². The second kappa shape index (κ2) is 6.72. The molecular weight excluding hydrogens is 268 g/mol. The number of piperidine rings is 1. The van der Waals surface area contributed by atoms with Gasteiger partial charge in [-0.1, -0.05) is 19.9 Å². The first-order valence-electron chi connectivity index (χ1n) is 7.38. The molecule has 0 saturated carbocycles. The number of carbonyl (C=O) groups excluding carboxylic acids is 2. The molecule has 21 heavy (non-hydrogen) atoms. The smallest absolute Gasteiger partial charge is 0.254 e. The normalized spacial score (nSPS) is 22.0. The number of aliphatic hydroxyl groups is 1. The highest BCUT2D eigenvalue weighted by molar-refractivity contribution is 5.97. The molecule has 0 aliphatic carbocycles. The highest BCUT2D eigenvalue weighted by atomic mass is 16.3. The minimum Gasteiger partial charge on any atom is -0.391 e. The molecule has 0 spiro atoms. The molecule has 5 heteroatoms. The Labute approximate surface area is 125 Å². The molecule has 1 fully saturated rings. The van der Waals surface area contributed by atoms with Crippen LogP contribution in [0, 0.1) is 5.92 Å². The molecule has 1 heterocycles. The van der Waals surface area contributed by atoms with Crippen LogP contribution in [0.5, 0.6) is 0 Å². The van der Waals surface area contributed by atoms with Crippen molar-refractivity contribution in [1.82, 2.24) is 4.90 Å². The number of likely N-dealkylation sites (tertiary alicyclic amines) is 1. The van der Waals surface area contributed by atoms with Crippen LogP contribution in [0.15, 0.2) is 24.3 Å². The van der Waals surface area contributed by atoms with E-state index in [4.69, 9.17) is 0 Å². The maximum absolute atomic E-state index is 12.5. The van der Waals surface area contributed by atoms with Gasteiger partial charge in [-0.15, -0.1) is 0 Å². The summed E-state index contributed by atoms with van der Waals surface area (Å²) in [7, 11) is 0. The summed E-state index contributed by atoms with van der Waals surface area (Å²) in [6, 6.07) is 6.92. The van der Waals surface area contributed by atoms with Gasteiger partial charge in [0.2, 0.25) is 5.91 Å². The summed E-state index contributed by atoms with van der Waals surface area (Å²) in [4.78, 5) is 25.5. The van der Waals surface area contributed by atoms with Crippen LogP contribution in [0.1, 0.15) is 37.0 Å². The Kier molecular flexibility index (Phi) is 4.96. The molecule has 2 rings (SSSR count). The highest BCUT2D eigenvalue weighted by Crippen LogP contribution is 2.20. The molecule has 2 amide bonds. The number of β-amino-alcohol motifs (C(OH)–C–C–N with tert-alkyl or cyclic N) is 1. The van der Waals surface area contributed by atoms with Gasteiger partial charge in [-0.2, -0.15) is 0 Å². The van der Waals surface area contributed by atoms with E-state index in [-0.39, 0.29) is 17.7 Å². The summed E-state index contributed by atoms with van der Waals surface area (Å²) in [6.45, 7) is 4.79. The van der Waals surface area contributed by atoms with Crippen molar-refractivity contribution in [3.05, 3.63) is 29.8 Å². The van der Waals surface area contributed by atoms with Crippen LogP contribution in [-0.4, -0.2) is 41.0 Å². The van der Waals surface area contributed by atoms with E-state index >= 15 is 0 Å². The molecule has 5 nitrogen and oxygen atoms in total. The van der Waals surface area contributed by atoms with E-state index in [1.165, 1.54) is 0 Å². The molecule has 1 aliphatic rings. The zero-order valence-electron chi connectivity index (χ0n) is 12.5. The largest absolute Gasteiger partial charge is 0.391 e. The van der Waals surface area contributed by atoms with Gasteiger partial charge in [0.25, 0.3) is 5.91 Å². The van der Waals surface area contributed by atoms with Gasteiger partial charge in [-0.3, -0.25) is 9.59 Å². The van der Waals surface area contributed by atoms with Crippen LogP contribution in [0.2, 0.25) is 0 Å². The topological polar surface area (TPSA) is 69.6 Å². The van der Waals surface area contributed by atoms with E-state index in [0.29, 0.717) is 30.8 Å². The number of carbonyl (C=O) groups is 2. The van der Waals surface area contributed by atoms with Crippen molar-refractivity contribution in [2.75, 3.05) is 18.4 Å². The van der Waals surface area contributed by atoms with Gasteiger partial charge < -0.3 is 15.3 Å². The lowest BCUT2D eigenvalue weighted by Crippen LogP contribution is -2.45. The minimum atomic E-state index is -0.467. The first kappa shape index (κ1) is 15.5. The Morgan fingerprint density at radius 3 is 2.86 bits per heavy atom. The number of anilines is 1. The third-order valence-corrected chi connectivity index (χ3v) is 3.92. The summed E-state index contributed by atoms with van der Waals surface area (Å²) >= 11 is 0. The highest BCUT2D eigenvalue weighted by Gasteiger charge is 2.27. The number of rotatable bonds is 3. The number of hydrogen-bond acceptors (Lipinski definition) is 3. The molecule has 1 aromatic carbocycles. The number of nitrogens with zero attached hydrogens (tertiary/aromatic N) is 1.